The van der Waals surface area contributed by atoms with E-state index in [1.807, 2.05) is 40.7 Å². The van der Waals surface area contributed by atoms with Crippen LogP contribution in [-0.2, 0) is 9.59 Å². The van der Waals surface area contributed by atoms with Crippen LogP contribution in [0.15, 0.2) is 16.6 Å². The van der Waals surface area contributed by atoms with Gasteiger partial charge in [-0.15, -0.1) is 0 Å². The van der Waals surface area contributed by atoms with Gasteiger partial charge in [-0.05, 0) is 58.2 Å². The molecule has 0 fully saturated rings. The topological polar surface area (TPSA) is 88.8 Å². The van der Waals surface area contributed by atoms with Crippen molar-refractivity contribution in [3.8, 4) is 5.75 Å². The smallest absolute Gasteiger partial charge is 0.303 e. The Bertz CT molecular complexity index is 892. The number of carboxylic acids is 1. The largest absolute Gasteiger partial charge is 0.493 e. The number of allylic oxidation sites excluding steroid dienone is 1. The highest BCUT2D eigenvalue weighted by Gasteiger charge is 2.18. The van der Waals surface area contributed by atoms with Gasteiger partial charge in [0.15, 0.2) is 0 Å². The Balaban J connectivity index is 2.34. The summed E-state index contributed by atoms with van der Waals surface area (Å²) in [5, 5.41) is 12.4. The molecule has 27 heavy (non-hydrogen) atoms. The maximum Gasteiger partial charge on any atom is 0.303 e. The highest BCUT2D eigenvalue weighted by Crippen LogP contribution is 2.38. The molecule has 0 saturated carbocycles. The zero-order valence-corrected chi connectivity index (χ0v) is 16.6. The Labute approximate surface area is 159 Å². The number of carbonyl (C=O) groups is 2. The molecule has 0 bridgehead atoms. The quantitative estimate of drug-likeness (QED) is 0.536. The zero-order chi connectivity index (χ0) is 20.1. The number of aliphatic carboxylic acids is 1. The lowest BCUT2D eigenvalue weighted by molar-refractivity contribution is -0.137. The van der Waals surface area contributed by atoms with Crippen LogP contribution in [0.2, 0.25) is 0 Å². The number of benzene rings is 1. The Hall–Kier alpha value is -2.76. The van der Waals surface area contributed by atoms with Crippen molar-refractivity contribution in [2.75, 3.05) is 13.2 Å². The number of amides is 1. The monoisotopic (exact) mass is 373 g/mol. The van der Waals surface area contributed by atoms with E-state index in [0.29, 0.717) is 25.3 Å². The summed E-state index contributed by atoms with van der Waals surface area (Å²) in [5.41, 5.74) is 4.42. The van der Waals surface area contributed by atoms with Gasteiger partial charge in [0, 0.05) is 35.6 Å². The second-order valence-electron chi connectivity index (χ2n) is 6.59. The Kier molecular flexibility index (Phi) is 6.66. The van der Waals surface area contributed by atoms with Gasteiger partial charge >= 0.3 is 5.97 Å². The lowest BCUT2D eigenvalue weighted by Crippen LogP contribution is -2.23. The number of fused-ring (bicyclic) bond motifs is 1. The fourth-order valence-electron chi connectivity index (χ4n) is 3.01. The van der Waals surface area contributed by atoms with Gasteiger partial charge in [-0.3, -0.25) is 9.59 Å². The van der Waals surface area contributed by atoms with Crippen LogP contribution in [-0.4, -0.2) is 30.1 Å². The Morgan fingerprint density at radius 3 is 2.59 bits per heavy atom. The molecule has 2 N–H and O–H groups in total. The minimum Gasteiger partial charge on any atom is -0.493 e. The minimum absolute atomic E-state index is 0.0342. The van der Waals surface area contributed by atoms with Crippen LogP contribution in [0.25, 0.3) is 16.5 Å². The van der Waals surface area contributed by atoms with Crippen LogP contribution in [0.1, 0.15) is 49.1 Å². The summed E-state index contributed by atoms with van der Waals surface area (Å²) in [7, 11) is 0. The second-order valence-corrected chi connectivity index (χ2v) is 6.59. The summed E-state index contributed by atoms with van der Waals surface area (Å²) in [6, 6.07) is 2.00. The molecule has 0 aliphatic carbocycles. The Morgan fingerprint density at radius 2 is 1.96 bits per heavy atom. The van der Waals surface area contributed by atoms with Crippen molar-refractivity contribution in [3.05, 3.63) is 34.6 Å². The summed E-state index contributed by atoms with van der Waals surface area (Å²) >= 11 is 0. The third-order valence-corrected chi connectivity index (χ3v) is 4.57. The van der Waals surface area contributed by atoms with Gasteiger partial charge in [0.05, 0.1) is 6.61 Å². The van der Waals surface area contributed by atoms with Crippen LogP contribution in [0.3, 0.4) is 0 Å². The fraction of sp³-hybridized carbons (Fsp3) is 0.429. The predicted octanol–water partition coefficient (Wildman–Crippen LogP) is 4.14. The van der Waals surface area contributed by atoms with Crippen molar-refractivity contribution in [1.29, 1.82) is 0 Å². The number of furan rings is 1. The summed E-state index contributed by atoms with van der Waals surface area (Å²) in [6.45, 7) is 10.5. The average molecular weight is 373 g/mol. The standard InChI is InChI=1S/C21H27NO5/c1-6-26-20-14(4)21-17(13(3)15(5)27-21)11-16(20)12(2)10-18(23)22-9-7-8-19(24)25/h10-11H,6-9H2,1-5H3,(H,22,23)(H,24,25)/b12-10+. The molecule has 0 atom stereocenters. The number of ether oxygens (including phenoxy) is 1. The number of carbonyl (C=O) groups excluding carboxylic acids is 1. The molecule has 2 aromatic rings. The fourth-order valence-corrected chi connectivity index (χ4v) is 3.01. The van der Waals surface area contributed by atoms with Crippen LogP contribution in [0.4, 0.5) is 0 Å². The SMILES string of the molecule is CCOc1c(/C(C)=C/C(=O)NCCCC(=O)O)cc2c(C)c(C)oc2c1C. The van der Waals surface area contributed by atoms with E-state index in [9.17, 15) is 9.59 Å². The minimum atomic E-state index is -0.869. The lowest BCUT2D eigenvalue weighted by Gasteiger charge is -2.14. The summed E-state index contributed by atoms with van der Waals surface area (Å²) in [5.74, 6) is 0.460. The average Bonchev–Trinajstić information content (AvgIpc) is 2.89. The molecule has 146 valence electrons. The molecule has 0 aliphatic rings. The number of carboxylic acid groups (broad SMARTS) is 1. The van der Waals surface area contributed by atoms with Crippen LogP contribution in [0.5, 0.6) is 5.75 Å². The maximum atomic E-state index is 12.2. The van der Waals surface area contributed by atoms with E-state index in [4.69, 9.17) is 14.3 Å². The molecular formula is C21H27NO5. The zero-order valence-electron chi connectivity index (χ0n) is 16.6. The van der Waals surface area contributed by atoms with E-state index in [1.54, 1.807) is 0 Å². The van der Waals surface area contributed by atoms with Gasteiger partial charge in [-0.1, -0.05) is 0 Å². The third kappa shape index (κ3) is 4.70. The van der Waals surface area contributed by atoms with E-state index in [2.05, 4.69) is 5.32 Å². The number of nitrogens with one attached hydrogen (secondary N) is 1. The van der Waals surface area contributed by atoms with Gasteiger partial charge in [0.1, 0.15) is 17.1 Å². The first kappa shape index (κ1) is 20.6. The normalized spacial score (nSPS) is 11.7. The van der Waals surface area contributed by atoms with Gasteiger partial charge in [-0.2, -0.15) is 0 Å². The molecule has 1 aromatic heterocycles. The van der Waals surface area contributed by atoms with Crippen LogP contribution in [0, 0.1) is 20.8 Å². The summed E-state index contributed by atoms with van der Waals surface area (Å²) in [6.07, 6.45) is 1.95. The Morgan fingerprint density at radius 1 is 1.26 bits per heavy atom. The van der Waals surface area contributed by atoms with Crippen molar-refractivity contribution in [2.24, 2.45) is 0 Å². The molecule has 6 heteroatoms. The molecule has 0 spiro atoms. The van der Waals surface area contributed by atoms with E-state index in [-0.39, 0.29) is 12.3 Å². The molecule has 2 rings (SSSR count). The molecule has 0 radical (unpaired) electrons. The van der Waals surface area contributed by atoms with Crippen LogP contribution < -0.4 is 10.1 Å². The number of rotatable bonds is 8. The molecule has 6 nitrogen and oxygen atoms in total. The maximum absolute atomic E-state index is 12.2. The highest BCUT2D eigenvalue weighted by atomic mass is 16.5. The highest BCUT2D eigenvalue weighted by molar-refractivity contribution is 5.98. The third-order valence-electron chi connectivity index (χ3n) is 4.57. The van der Waals surface area contributed by atoms with Crippen molar-refractivity contribution in [3.63, 3.8) is 0 Å². The van der Waals surface area contributed by atoms with E-state index < -0.39 is 5.97 Å². The molecule has 1 aromatic carbocycles. The van der Waals surface area contributed by atoms with Gasteiger partial charge in [0.2, 0.25) is 5.91 Å². The molecule has 0 aliphatic heterocycles. The number of aryl methyl sites for hydroxylation is 3. The van der Waals surface area contributed by atoms with Crippen LogP contribution >= 0.6 is 0 Å². The second kappa shape index (κ2) is 8.75. The van der Waals surface area contributed by atoms with Crippen molar-refractivity contribution in [2.45, 2.75) is 47.5 Å². The van der Waals surface area contributed by atoms with Gasteiger partial charge < -0.3 is 19.6 Å². The molecule has 1 heterocycles. The summed E-state index contributed by atoms with van der Waals surface area (Å²) in [4.78, 5) is 22.7. The molecule has 0 saturated heterocycles. The van der Waals surface area contributed by atoms with Gasteiger partial charge in [0.25, 0.3) is 0 Å². The summed E-state index contributed by atoms with van der Waals surface area (Å²) < 4.78 is 11.7. The first-order chi connectivity index (χ1) is 12.8. The number of hydrogen-bond donors (Lipinski definition) is 2. The van der Waals surface area contributed by atoms with E-state index in [1.165, 1.54) is 6.08 Å². The number of hydrogen-bond acceptors (Lipinski definition) is 4. The van der Waals surface area contributed by atoms with Crippen molar-refractivity contribution < 1.29 is 23.8 Å². The lowest BCUT2D eigenvalue weighted by atomic mass is 9.98. The van der Waals surface area contributed by atoms with E-state index >= 15 is 0 Å². The molecule has 1 amide bonds. The predicted molar refractivity (Wildman–Crippen MR) is 105 cm³/mol. The first-order valence-corrected chi connectivity index (χ1v) is 9.10. The molecule has 0 unspecified atom stereocenters. The van der Waals surface area contributed by atoms with Gasteiger partial charge in [-0.25, -0.2) is 0 Å². The molecular weight excluding hydrogens is 346 g/mol. The van der Waals surface area contributed by atoms with Crippen molar-refractivity contribution >= 4 is 28.4 Å². The van der Waals surface area contributed by atoms with Crippen molar-refractivity contribution in [1.82, 2.24) is 5.32 Å². The first-order valence-electron chi connectivity index (χ1n) is 9.10. The van der Waals surface area contributed by atoms with E-state index in [0.717, 1.165) is 39.0 Å².